The Balaban J connectivity index is 2.87. The molecule has 0 aromatic heterocycles. The second-order valence-electron chi connectivity index (χ2n) is 4.03. The van der Waals surface area contributed by atoms with Gasteiger partial charge in [0.1, 0.15) is 6.07 Å². The minimum Gasteiger partial charge on any atom is -0.398 e. The molecule has 0 saturated heterocycles. The van der Waals surface area contributed by atoms with E-state index in [9.17, 15) is 4.79 Å². The van der Waals surface area contributed by atoms with Gasteiger partial charge in [0, 0.05) is 32.5 Å². The molecule has 0 saturated carbocycles. The maximum atomic E-state index is 11.5. The second kappa shape index (κ2) is 5.21. The van der Waals surface area contributed by atoms with Crippen LogP contribution >= 0.6 is 0 Å². The molecule has 0 aliphatic carbocycles. The lowest BCUT2D eigenvalue weighted by molar-refractivity contribution is -0.127. The normalized spacial score (nSPS) is 9.53. The van der Waals surface area contributed by atoms with Crippen LogP contribution in [0.3, 0.4) is 0 Å². The molecular formula is C12H16N4O. The number of likely N-dealkylation sites (N-methyl/N-ethyl adjacent to an activating group) is 2. The van der Waals surface area contributed by atoms with Gasteiger partial charge in [-0.1, -0.05) is 0 Å². The van der Waals surface area contributed by atoms with Gasteiger partial charge >= 0.3 is 0 Å². The van der Waals surface area contributed by atoms with E-state index in [0.29, 0.717) is 11.3 Å². The van der Waals surface area contributed by atoms with E-state index in [4.69, 9.17) is 11.0 Å². The van der Waals surface area contributed by atoms with E-state index < -0.39 is 0 Å². The van der Waals surface area contributed by atoms with E-state index in [-0.39, 0.29) is 12.5 Å². The highest BCUT2D eigenvalue weighted by molar-refractivity contribution is 5.81. The highest BCUT2D eigenvalue weighted by atomic mass is 16.2. The van der Waals surface area contributed by atoms with Crippen molar-refractivity contribution in [2.45, 2.75) is 0 Å². The summed E-state index contributed by atoms with van der Waals surface area (Å²) in [6, 6.07) is 7.16. The number of carbonyl (C=O) groups excluding carboxylic acids is 1. The Morgan fingerprint density at radius 3 is 2.59 bits per heavy atom. The Hall–Kier alpha value is -2.22. The van der Waals surface area contributed by atoms with Crippen LogP contribution in [-0.4, -0.2) is 38.5 Å². The van der Waals surface area contributed by atoms with Gasteiger partial charge < -0.3 is 15.5 Å². The summed E-state index contributed by atoms with van der Waals surface area (Å²) in [5.41, 5.74) is 7.30. The lowest BCUT2D eigenvalue weighted by atomic mass is 10.1. The molecule has 0 atom stereocenters. The summed E-state index contributed by atoms with van der Waals surface area (Å²) in [5, 5.41) is 8.87. The van der Waals surface area contributed by atoms with Crippen molar-refractivity contribution in [3.8, 4) is 6.07 Å². The molecule has 1 rings (SSSR count). The number of anilines is 2. The molecule has 5 nitrogen and oxygen atoms in total. The van der Waals surface area contributed by atoms with E-state index in [1.807, 2.05) is 6.07 Å². The van der Waals surface area contributed by atoms with Gasteiger partial charge in [-0.3, -0.25) is 4.79 Å². The average molecular weight is 232 g/mol. The van der Waals surface area contributed by atoms with Crippen LogP contribution in [0.25, 0.3) is 0 Å². The van der Waals surface area contributed by atoms with Gasteiger partial charge in [-0.25, -0.2) is 0 Å². The van der Waals surface area contributed by atoms with E-state index in [1.54, 1.807) is 44.2 Å². The predicted molar refractivity (Wildman–Crippen MR) is 67.5 cm³/mol. The molecule has 0 heterocycles. The maximum Gasteiger partial charge on any atom is 0.241 e. The number of nitrogens with zero attached hydrogens (tertiary/aromatic N) is 3. The monoisotopic (exact) mass is 232 g/mol. The zero-order valence-corrected chi connectivity index (χ0v) is 10.3. The first-order valence-corrected chi connectivity index (χ1v) is 5.16. The van der Waals surface area contributed by atoms with Crippen LogP contribution < -0.4 is 10.6 Å². The molecule has 0 radical (unpaired) electrons. The van der Waals surface area contributed by atoms with Crippen molar-refractivity contribution in [2.75, 3.05) is 38.3 Å². The molecule has 90 valence electrons. The first-order valence-electron chi connectivity index (χ1n) is 5.16. The quantitative estimate of drug-likeness (QED) is 0.777. The molecule has 0 unspecified atom stereocenters. The number of nitrogens with two attached hydrogens (primary N) is 1. The molecule has 17 heavy (non-hydrogen) atoms. The van der Waals surface area contributed by atoms with Crippen LogP contribution in [0.5, 0.6) is 0 Å². The summed E-state index contributed by atoms with van der Waals surface area (Å²) in [7, 11) is 5.22. The third-order valence-electron chi connectivity index (χ3n) is 2.47. The van der Waals surface area contributed by atoms with Gasteiger partial charge in [0.25, 0.3) is 0 Å². The number of hydrogen-bond acceptors (Lipinski definition) is 4. The van der Waals surface area contributed by atoms with Crippen molar-refractivity contribution in [1.82, 2.24) is 4.90 Å². The summed E-state index contributed by atoms with van der Waals surface area (Å²) in [5.74, 6) is 0.00262. The molecular weight excluding hydrogens is 216 g/mol. The topological polar surface area (TPSA) is 73.4 Å². The molecule has 2 N–H and O–H groups in total. The number of benzene rings is 1. The van der Waals surface area contributed by atoms with Crippen LogP contribution in [-0.2, 0) is 4.79 Å². The van der Waals surface area contributed by atoms with Crippen molar-refractivity contribution in [3.05, 3.63) is 23.8 Å². The van der Waals surface area contributed by atoms with Gasteiger partial charge in [-0.05, 0) is 18.2 Å². The van der Waals surface area contributed by atoms with Gasteiger partial charge in [0.2, 0.25) is 5.91 Å². The molecule has 1 amide bonds. The van der Waals surface area contributed by atoms with E-state index >= 15 is 0 Å². The van der Waals surface area contributed by atoms with Crippen LogP contribution in [0.4, 0.5) is 11.4 Å². The van der Waals surface area contributed by atoms with E-state index in [2.05, 4.69) is 0 Å². The second-order valence-corrected chi connectivity index (χ2v) is 4.03. The van der Waals surface area contributed by atoms with Gasteiger partial charge in [-0.2, -0.15) is 5.26 Å². The van der Waals surface area contributed by atoms with Crippen LogP contribution in [0.15, 0.2) is 18.2 Å². The third-order valence-corrected chi connectivity index (χ3v) is 2.47. The van der Waals surface area contributed by atoms with Crippen LogP contribution in [0.1, 0.15) is 5.56 Å². The third kappa shape index (κ3) is 3.11. The first kappa shape index (κ1) is 12.8. The first-order chi connectivity index (χ1) is 7.95. The van der Waals surface area contributed by atoms with Gasteiger partial charge in [0.05, 0.1) is 12.1 Å². The Labute approximate surface area is 101 Å². The van der Waals surface area contributed by atoms with Crippen LogP contribution in [0.2, 0.25) is 0 Å². The largest absolute Gasteiger partial charge is 0.398 e. The SMILES string of the molecule is CN(C)C(=O)CN(C)c1ccc(N)c(C#N)c1. The number of carbonyl (C=O) groups is 1. The summed E-state index contributed by atoms with van der Waals surface area (Å²) in [6.07, 6.45) is 0. The minimum absolute atomic E-state index is 0.00262. The van der Waals surface area contributed by atoms with Gasteiger partial charge in [0.15, 0.2) is 0 Å². The van der Waals surface area contributed by atoms with Crippen molar-refractivity contribution < 1.29 is 4.79 Å². The molecule has 0 bridgehead atoms. The standard InChI is InChI=1S/C12H16N4O/c1-15(2)12(17)8-16(3)10-4-5-11(14)9(6-10)7-13/h4-6H,8,14H2,1-3H3. The zero-order chi connectivity index (χ0) is 13.0. The fraction of sp³-hybridized carbons (Fsp3) is 0.333. The number of nitriles is 1. The lowest BCUT2D eigenvalue weighted by Crippen LogP contribution is -2.34. The molecule has 5 heteroatoms. The average Bonchev–Trinajstić information content (AvgIpc) is 2.29. The Morgan fingerprint density at radius 2 is 2.06 bits per heavy atom. The molecule has 1 aromatic rings. The smallest absolute Gasteiger partial charge is 0.241 e. The van der Waals surface area contributed by atoms with E-state index in [1.165, 1.54) is 4.90 Å². The molecule has 0 fully saturated rings. The summed E-state index contributed by atoms with van der Waals surface area (Å²) in [6.45, 7) is 0.266. The molecule has 1 aromatic carbocycles. The molecule has 0 aliphatic rings. The maximum absolute atomic E-state index is 11.5. The van der Waals surface area contributed by atoms with Crippen molar-refractivity contribution >= 4 is 17.3 Å². The number of hydrogen-bond donors (Lipinski definition) is 1. The zero-order valence-electron chi connectivity index (χ0n) is 10.3. The number of nitrogen functional groups attached to an aromatic ring is 1. The highest BCUT2D eigenvalue weighted by Crippen LogP contribution is 2.19. The number of amides is 1. The molecule has 0 spiro atoms. The van der Waals surface area contributed by atoms with Crippen molar-refractivity contribution in [1.29, 1.82) is 5.26 Å². The van der Waals surface area contributed by atoms with Crippen LogP contribution in [0, 0.1) is 11.3 Å². The summed E-state index contributed by atoms with van der Waals surface area (Å²) < 4.78 is 0. The fourth-order valence-corrected chi connectivity index (χ4v) is 1.31. The minimum atomic E-state index is 0.00262. The van der Waals surface area contributed by atoms with Crippen molar-refractivity contribution in [3.63, 3.8) is 0 Å². The molecule has 0 aliphatic heterocycles. The number of rotatable bonds is 3. The fourth-order valence-electron chi connectivity index (χ4n) is 1.31. The lowest BCUT2D eigenvalue weighted by Gasteiger charge is -2.21. The van der Waals surface area contributed by atoms with Crippen molar-refractivity contribution in [2.24, 2.45) is 0 Å². The summed E-state index contributed by atoms with van der Waals surface area (Å²) in [4.78, 5) is 14.8. The summed E-state index contributed by atoms with van der Waals surface area (Å²) >= 11 is 0. The predicted octanol–water partition coefficient (Wildman–Crippen LogP) is 0.665. The Morgan fingerprint density at radius 1 is 1.41 bits per heavy atom. The van der Waals surface area contributed by atoms with Gasteiger partial charge in [-0.15, -0.1) is 0 Å². The Kier molecular flexibility index (Phi) is 3.94. The Bertz CT molecular complexity index is 462. The van der Waals surface area contributed by atoms with E-state index in [0.717, 1.165) is 5.69 Å². The highest BCUT2D eigenvalue weighted by Gasteiger charge is 2.10.